The zero-order chi connectivity index (χ0) is 7.84. The molecular weight excluding hydrogens is 206 g/mol. The molecule has 2 heterocycles. The van der Waals surface area contributed by atoms with Gasteiger partial charge in [0.2, 0.25) is 4.73 Å². The molecule has 0 atom stereocenters. The lowest BCUT2D eigenvalue weighted by atomic mass is 10.4. The molecule has 2 rings (SSSR count). The van der Waals surface area contributed by atoms with E-state index in [9.17, 15) is 0 Å². The molecule has 0 spiro atoms. The van der Waals surface area contributed by atoms with Crippen LogP contribution in [0.4, 0.5) is 0 Å². The molecule has 0 unspecified atom stereocenters. The normalized spacial score (nSPS) is 10.7. The first kappa shape index (κ1) is 6.79. The maximum atomic E-state index is 4.14. The molecule has 4 heteroatoms. The smallest absolute Gasteiger partial charge is 0.217 e. The Kier molecular flexibility index (Phi) is 1.42. The van der Waals surface area contributed by atoms with E-state index in [1.165, 1.54) is 0 Å². The van der Waals surface area contributed by atoms with Crippen LogP contribution in [0.15, 0.2) is 22.9 Å². The molecule has 2 aromatic heterocycles. The summed E-state index contributed by atoms with van der Waals surface area (Å²) in [5.41, 5.74) is 1.96. The number of hydrogen-bond acceptors (Lipinski definition) is 2. The lowest BCUT2D eigenvalue weighted by molar-refractivity contribution is 0.903. The third kappa shape index (κ3) is 1.03. The Labute approximate surface area is 72.2 Å². The highest BCUT2D eigenvalue weighted by Crippen LogP contribution is 2.08. The van der Waals surface area contributed by atoms with Crippen LogP contribution in [-0.4, -0.2) is 14.6 Å². The highest BCUT2D eigenvalue weighted by atomic mass is 79.9. The number of aromatic nitrogens is 3. The molecule has 0 saturated heterocycles. The van der Waals surface area contributed by atoms with Gasteiger partial charge in [-0.2, -0.15) is 0 Å². The first-order valence-corrected chi connectivity index (χ1v) is 4.04. The summed E-state index contributed by atoms with van der Waals surface area (Å²) in [5, 5.41) is 4.13. The first-order valence-electron chi connectivity index (χ1n) is 3.25. The molecule has 0 amide bonds. The van der Waals surface area contributed by atoms with Gasteiger partial charge in [-0.3, -0.25) is 0 Å². The number of halogens is 1. The SMILES string of the molecule is Cc1cccc2nc(Br)nn12. The van der Waals surface area contributed by atoms with Crippen molar-refractivity contribution in [3.8, 4) is 0 Å². The lowest BCUT2D eigenvalue weighted by Crippen LogP contribution is -1.91. The second-order valence-electron chi connectivity index (χ2n) is 2.32. The van der Waals surface area contributed by atoms with Crippen LogP contribution in [0.3, 0.4) is 0 Å². The van der Waals surface area contributed by atoms with E-state index in [-0.39, 0.29) is 0 Å². The fraction of sp³-hybridized carbons (Fsp3) is 0.143. The van der Waals surface area contributed by atoms with Crippen LogP contribution in [0.25, 0.3) is 5.65 Å². The zero-order valence-electron chi connectivity index (χ0n) is 5.95. The van der Waals surface area contributed by atoms with Crippen LogP contribution in [-0.2, 0) is 0 Å². The lowest BCUT2D eigenvalue weighted by Gasteiger charge is -1.93. The summed E-state index contributed by atoms with van der Waals surface area (Å²) < 4.78 is 2.43. The average Bonchev–Trinajstić information content (AvgIpc) is 2.31. The molecule has 0 aliphatic heterocycles. The molecule has 2 aromatic rings. The third-order valence-electron chi connectivity index (χ3n) is 1.52. The number of aryl methyl sites for hydroxylation is 1. The molecule has 56 valence electrons. The van der Waals surface area contributed by atoms with Crippen LogP contribution in [0.1, 0.15) is 5.69 Å². The molecule has 0 saturated carbocycles. The van der Waals surface area contributed by atoms with Crippen molar-refractivity contribution in [1.82, 2.24) is 14.6 Å². The molecular formula is C7H6BrN3. The predicted molar refractivity (Wildman–Crippen MR) is 45.4 cm³/mol. The van der Waals surface area contributed by atoms with Crippen LogP contribution in [0.2, 0.25) is 0 Å². The van der Waals surface area contributed by atoms with Gasteiger partial charge < -0.3 is 0 Å². The summed E-state index contributed by atoms with van der Waals surface area (Å²) in [4.78, 5) is 4.14. The van der Waals surface area contributed by atoms with Gasteiger partial charge in [0, 0.05) is 5.69 Å². The van der Waals surface area contributed by atoms with E-state index < -0.39 is 0 Å². The summed E-state index contributed by atoms with van der Waals surface area (Å²) in [6.45, 7) is 1.99. The van der Waals surface area contributed by atoms with Gasteiger partial charge in [0.05, 0.1) is 0 Å². The molecule has 0 fully saturated rings. The standard InChI is InChI=1S/C7H6BrN3/c1-5-3-2-4-6-9-7(8)10-11(5)6/h2-4H,1H3. The summed E-state index contributed by atoms with van der Waals surface area (Å²) in [5.74, 6) is 0. The largest absolute Gasteiger partial charge is 0.218 e. The maximum Gasteiger partial charge on any atom is 0.218 e. The fourth-order valence-corrected chi connectivity index (χ4v) is 1.35. The molecule has 0 radical (unpaired) electrons. The minimum absolute atomic E-state index is 0.631. The fourth-order valence-electron chi connectivity index (χ4n) is 1.01. The number of pyridine rings is 1. The van der Waals surface area contributed by atoms with Gasteiger partial charge >= 0.3 is 0 Å². The van der Waals surface area contributed by atoms with Crippen molar-refractivity contribution in [3.63, 3.8) is 0 Å². The summed E-state index contributed by atoms with van der Waals surface area (Å²) >= 11 is 3.22. The van der Waals surface area contributed by atoms with E-state index in [1.807, 2.05) is 25.1 Å². The monoisotopic (exact) mass is 211 g/mol. The van der Waals surface area contributed by atoms with Gasteiger partial charge in [0.1, 0.15) is 0 Å². The minimum Gasteiger partial charge on any atom is -0.217 e. The van der Waals surface area contributed by atoms with Gasteiger partial charge in [-0.15, -0.1) is 5.10 Å². The van der Waals surface area contributed by atoms with E-state index in [1.54, 1.807) is 4.52 Å². The van der Waals surface area contributed by atoms with Crippen LogP contribution in [0, 0.1) is 6.92 Å². The molecule has 0 aliphatic carbocycles. The highest BCUT2D eigenvalue weighted by molar-refractivity contribution is 9.10. The number of rotatable bonds is 0. The van der Waals surface area contributed by atoms with E-state index in [2.05, 4.69) is 26.0 Å². The molecule has 0 aromatic carbocycles. The van der Waals surface area contributed by atoms with E-state index in [4.69, 9.17) is 0 Å². The summed E-state index contributed by atoms with van der Waals surface area (Å²) in [7, 11) is 0. The topological polar surface area (TPSA) is 30.2 Å². The van der Waals surface area contributed by atoms with Crippen molar-refractivity contribution in [2.75, 3.05) is 0 Å². The Morgan fingerprint density at radius 1 is 1.45 bits per heavy atom. The van der Waals surface area contributed by atoms with Gasteiger partial charge in [0.15, 0.2) is 5.65 Å². The van der Waals surface area contributed by atoms with Crippen molar-refractivity contribution in [1.29, 1.82) is 0 Å². The zero-order valence-corrected chi connectivity index (χ0v) is 7.54. The third-order valence-corrected chi connectivity index (χ3v) is 1.86. The van der Waals surface area contributed by atoms with Crippen molar-refractivity contribution < 1.29 is 0 Å². The first-order chi connectivity index (χ1) is 5.27. The average molecular weight is 212 g/mol. The van der Waals surface area contributed by atoms with E-state index in [0.29, 0.717) is 4.73 Å². The second-order valence-corrected chi connectivity index (χ2v) is 3.03. The minimum atomic E-state index is 0.631. The molecule has 0 N–H and O–H groups in total. The van der Waals surface area contributed by atoms with Crippen molar-refractivity contribution in [2.45, 2.75) is 6.92 Å². The van der Waals surface area contributed by atoms with Crippen molar-refractivity contribution in [3.05, 3.63) is 28.6 Å². The highest BCUT2D eigenvalue weighted by Gasteiger charge is 1.99. The number of nitrogens with zero attached hydrogens (tertiary/aromatic N) is 3. The molecule has 3 nitrogen and oxygen atoms in total. The Bertz CT molecular complexity index is 393. The molecule has 11 heavy (non-hydrogen) atoms. The number of fused-ring (bicyclic) bond motifs is 1. The summed E-state index contributed by atoms with van der Waals surface area (Å²) in [6.07, 6.45) is 0. The predicted octanol–water partition coefficient (Wildman–Crippen LogP) is 1.80. The molecule has 0 bridgehead atoms. The Morgan fingerprint density at radius 3 is 3.00 bits per heavy atom. The van der Waals surface area contributed by atoms with Gasteiger partial charge in [-0.25, -0.2) is 9.50 Å². The second kappa shape index (κ2) is 2.30. The Morgan fingerprint density at radius 2 is 2.27 bits per heavy atom. The van der Waals surface area contributed by atoms with Crippen LogP contribution >= 0.6 is 15.9 Å². The van der Waals surface area contributed by atoms with E-state index >= 15 is 0 Å². The Balaban J connectivity index is 2.90. The number of hydrogen-bond donors (Lipinski definition) is 0. The van der Waals surface area contributed by atoms with Crippen LogP contribution < -0.4 is 0 Å². The quantitative estimate of drug-likeness (QED) is 0.666. The van der Waals surface area contributed by atoms with Gasteiger partial charge in [0.25, 0.3) is 0 Å². The molecule has 0 aliphatic rings. The van der Waals surface area contributed by atoms with Crippen molar-refractivity contribution >= 4 is 21.6 Å². The van der Waals surface area contributed by atoms with Crippen molar-refractivity contribution in [2.24, 2.45) is 0 Å². The summed E-state index contributed by atoms with van der Waals surface area (Å²) in [6, 6.07) is 5.88. The van der Waals surface area contributed by atoms with E-state index in [0.717, 1.165) is 11.3 Å². The van der Waals surface area contributed by atoms with Crippen LogP contribution in [0.5, 0.6) is 0 Å². The maximum absolute atomic E-state index is 4.14. The Hall–Kier alpha value is -0.900. The van der Waals surface area contributed by atoms with Gasteiger partial charge in [-0.1, -0.05) is 6.07 Å². The van der Waals surface area contributed by atoms with Gasteiger partial charge in [-0.05, 0) is 35.0 Å².